The summed E-state index contributed by atoms with van der Waals surface area (Å²) >= 11 is 6.38. The predicted octanol–water partition coefficient (Wildman–Crippen LogP) is 3.96. The van der Waals surface area contributed by atoms with Gasteiger partial charge in [-0.15, -0.1) is 0 Å². The Morgan fingerprint density at radius 3 is 2.78 bits per heavy atom. The maximum absolute atomic E-state index is 11.8. The summed E-state index contributed by atoms with van der Waals surface area (Å²) in [5, 5.41) is 0.576. The summed E-state index contributed by atoms with van der Waals surface area (Å²) in [7, 11) is 2.95. The molecule has 23 heavy (non-hydrogen) atoms. The quantitative estimate of drug-likeness (QED) is 0.799. The van der Waals surface area contributed by atoms with Crippen molar-refractivity contribution in [3.63, 3.8) is 0 Å². The largest absolute Gasteiger partial charge is 0.496 e. The highest BCUT2D eigenvalue weighted by atomic mass is 35.5. The molecule has 3 rings (SSSR count). The molecule has 5 heteroatoms. The lowest BCUT2D eigenvalue weighted by molar-refractivity contribution is 0.0600. The Kier molecular flexibility index (Phi) is 4.26. The van der Waals surface area contributed by atoms with E-state index in [9.17, 15) is 4.79 Å². The van der Waals surface area contributed by atoms with Crippen LogP contribution < -0.4 is 9.47 Å². The van der Waals surface area contributed by atoms with E-state index in [0.29, 0.717) is 28.7 Å². The predicted molar refractivity (Wildman–Crippen MR) is 88.4 cm³/mol. The molecule has 0 aliphatic carbocycles. The van der Waals surface area contributed by atoms with E-state index in [4.69, 9.17) is 25.8 Å². The van der Waals surface area contributed by atoms with Gasteiger partial charge >= 0.3 is 5.97 Å². The minimum atomic E-state index is -0.399. The second-order valence-electron chi connectivity index (χ2n) is 4.95. The molecule has 0 saturated carbocycles. The highest BCUT2D eigenvalue weighted by molar-refractivity contribution is 6.33. The molecule has 2 aromatic carbocycles. The van der Waals surface area contributed by atoms with E-state index in [1.807, 2.05) is 18.2 Å². The van der Waals surface area contributed by atoms with Crippen molar-refractivity contribution in [2.45, 2.75) is 0 Å². The number of carbonyl (C=O) groups excluding carboxylic acids is 1. The van der Waals surface area contributed by atoms with Crippen molar-refractivity contribution in [2.24, 2.45) is 0 Å². The molecule has 0 bridgehead atoms. The molecule has 0 atom stereocenters. The van der Waals surface area contributed by atoms with Crippen molar-refractivity contribution < 1.29 is 19.0 Å². The molecule has 0 aromatic heterocycles. The summed E-state index contributed by atoms with van der Waals surface area (Å²) in [6, 6.07) is 10.7. The first-order valence-electron chi connectivity index (χ1n) is 7.04. The van der Waals surface area contributed by atoms with Crippen molar-refractivity contribution in [2.75, 3.05) is 20.8 Å². The summed E-state index contributed by atoms with van der Waals surface area (Å²) in [5.74, 6) is 0.959. The molecule has 0 spiro atoms. The number of methoxy groups -OCH3 is 2. The second kappa shape index (κ2) is 6.34. The van der Waals surface area contributed by atoms with E-state index >= 15 is 0 Å². The van der Waals surface area contributed by atoms with E-state index in [2.05, 4.69) is 0 Å². The minimum absolute atomic E-state index is 0.399. The molecule has 2 aromatic rings. The van der Waals surface area contributed by atoms with Crippen LogP contribution in [-0.4, -0.2) is 26.8 Å². The minimum Gasteiger partial charge on any atom is -0.496 e. The fourth-order valence-electron chi connectivity index (χ4n) is 2.61. The van der Waals surface area contributed by atoms with Gasteiger partial charge in [0.2, 0.25) is 0 Å². The van der Waals surface area contributed by atoms with Crippen LogP contribution in [0, 0.1) is 0 Å². The molecule has 1 aliphatic heterocycles. The third-order valence-corrected chi connectivity index (χ3v) is 4.00. The molecule has 1 heterocycles. The van der Waals surface area contributed by atoms with Gasteiger partial charge < -0.3 is 14.2 Å². The maximum Gasteiger partial charge on any atom is 0.337 e. The fourth-order valence-corrected chi connectivity index (χ4v) is 2.88. The first-order valence-corrected chi connectivity index (χ1v) is 7.42. The lowest BCUT2D eigenvalue weighted by atomic mass is 9.93. The van der Waals surface area contributed by atoms with E-state index < -0.39 is 5.97 Å². The van der Waals surface area contributed by atoms with Crippen LogP contribution in [0.15, 0.2) is 42.5 Å². The third kappa shape index (κ3) is 2.78. The number of fused-ring (bicyclic) bond motifs is 1. The van der Waals surface area contributed by atoms with E-state index in [1.54, 1.807) is 31.4 Å². The van der Waals surface area contributed by atoms with Gasteiger partial charge in [0.15, 0.2) is 0 Å². The number of ether oxygens (including phenoxy) is 3. The number of benzene rings is 2. The summed E-state index contributed by atoms with van der Waals surface area (Å²) in [6.07, 6.45) is 1.92. The Morgan fingerprint density at radius 2 is 2.04 bits per heavy atom. The van der Waals surface area contributed by atoms with Crippen LogP contribution >= 0.6 is 11.6 Å². The van der Waals surface area contributed by atoms with Crippen molar-refractivity contribution in [3.8, 4) is 11.5 Å². The number of esters is 1. The number of carbonyl (C=O) groups is 1. The molecule has 4 nitrogen and oxygen atoms in total. The Labute approximate surface area is 139 Å². The Morgan fingerprint density at radius 1 is 1.22 bits per heavy atom. The van der Waals surface area contributed by atoms with Gasteiger partial charge in [-0.25, -0.2) is 4.79 Å². The standard InChI is InChI=1S/C18H15ClO4/c1-21-16-5-3-4-14(19)17(16)12-8-9-23-15-7-6-11(10-13(12)15)18(20)22-2/h3-8,10H,9H2,1-2H3. The smallest absolute Gasteiger partial charge is 0.337 e. The van der Waals surface area contributed by atoms with Crippen molar-refractivity contribution >= 4 is 23.1 Å². The number of rotatable bonds is 3. The first-order chi connectivity index (χ1) is 11.2. The van der Waals surface area contributed by atoms with E-state index in [1.165, 1.54) is 7.11 Å². The second-order valence-corrected chi connectivity index (χ2v) is 5.36. The van der Waals surface area contributed by atoms with Gasteiger partial charge in [-0.2, -0.15) is 0 Å². The molecule has 118 valence electrons. The van der Waals surface area contributed by atoms with Gasteiger partial charge in [-0.3, -0.25) is 0 Å². The maximum atomic E-state index is 11.8. The van der Waals surface area contributed by atoms with Crippen molar-refractivity contribution in [3.05, 3.63) is 64.2 Å². The van der Waals surface area contributed by atoms with Crippen molar-refractivity contribution in [1.82, 2.24) is 0 Å². The van der Waals surface area contributed by atoms with Gasteiger partial charge in [0, 0.05) is 11.1 Å². The third-order valence-electron chi connectivity index (χ3n) is 3.68. The molecule has 0 radical (unpaired) electrons. The van der Waals surface area contributed by atoms with Crippen LogP contribution in [0.2, 0.25) is 5.02 Å². The van der Waals surface area contributed by atoms with Crippen LogP contribution in [0.25, 0.3) is 5.57 Å². The molecule has 0 fully saturated rings. The van der Waals surface area contributed by atoms with Gasteiger partial charge in [0.05, 0.1) is 24.8 Å². The lowest BCUT2D eigenvalue weighted by Gasteiger charge is -2.21. The van der Waals surface area contributed by atoms with Crippen LogP contribution in [0.3, 0.4) is 0 Å². The number of hydrogen-bond acceptors (Lipinski definition) is 4. The molecule has 1 aliphatic rings. The van der Waals surface area contributed by atoms with E-state index in [-0.39, 0.29) is 0 Å². The number of hydrogen-bond donors (Lipinski definition) is 0. The van der Waals surface area contributed by atoms with E-state index in [0.717, 1.165) is 16.7 Å². The van der Waals surface area contributed by atoms with Crippen LogP contribution in [-0.2, 0) is 4.74 Å². The zero-order chi connectivity index (χ0) is 16.4. The SMILES string of the molecule is COC(=O)c1ccc2c(c1)C(c1c(Cl)cccc1OC)=CCO2. The first kappa shape index (κ1) is 15.4. The monoisotopic (exact) mass is 330 g/mol. The van der Waals surface area contributed by atoms with Gasteiger partial charge in [-0.1, -0.05) is 17.7 Å². The molecule has 0 N–H and O–H groups in total. The lowest BCUT2D eigenvalue weighted by Crippen LogP contribution is -2.09. The average Bonchev–Trinajstić information content (AvgIpc) is 2.60. The van der Waals surface area contributed by atoms with Crippen LogP contribution in [0.1, 0.15) is 21.5 Å². The molecule has 0 amide bonds. The zero-order valence-electron chi connectivity index (χ0n) is 12.8. The van der Waals surface area contributed by atoms with Gasteiger partial charge in [0.1, 0.15) is 18.1 Å². The average molecular weight is 331 g/mol. The highest BCUT2D eigenvalue weighted by Crippen LogP contribution is 2.41. The van der Waals surface area contributed by atoms with Gasteiger partial charge in [0.25, 0.3) is 0 Å². The fraction of sp³-hybridized carbons (Fsp3) is 0.167. The molecule has 0 unspecified atom stereocenters. The number of halogens is 1. The summed E-state index contributed by atoms with van der Waals surface area (Å²) in [4.78, 5) is 11.8. The highest BCUT2D eigenvalue weighted by Gasteiger charge is 2.22. The Bertz CT molecular complexity index is 796. The summed E-state index contributed by atoms with van der Waals surface area (Å²) in [5.41, 5.74) is 2.89. The normalized spacial score (nSPS) is 12.7. The summed E-state index contributed by atoms with van der Waals surface area (Å²) < 4.78 is 15.9. The van der Waals surface area contributed by atoms with Crippen molar-refractivity contribution in [1.29, 1.82) is 0 Å². The zero-order valence-corrected chi connectivity index (χ0v) is 13.5. The van der Waals surface area contributed by atoms with Crippen LogP contribution in [0.5, 0.6) is 11.5 Å². The molecular weight excluding hydrogens is 316 g/mol. The Hall–Kier alpha value is -2.46. The summed E-state index contributed by atoms with van der Waals surface area (Å²) in [6.45, 7) is 0.425. The molecular formula is C18H15ClO4. The molecule has 0 saturated heterocycles. The Balaban J connectivity index is 2.18. The van der Waals surface area contributed by atoms with Crippen LogP contribution in [0.4, 0.5) is 0 Å². The topological polar surface area (TPSA) is 44.8 Å². The van der Waals surface area contributed by atoms with Gasteiger partial charge in [-0.05, 0) is 42.0 Å².